The highest BCUT2D eigenvalue weighted by Gasteiger charge is 2.32. The maximum absolute atomic E-state index is 11.6. The van der Waals surface area contributed by atoms with Crippen LogP contribution < -0.4 is 5.32 Å². The predicted molar refractivity (Wildman–Crippen MR) is 60.3 cm³/mol. The van der Waals surface area contributed by atoms with Gasteiger partial charge in [0.2, 0.25) is 0 Å². The van der Waals surface area contributed by atoms with E-state index in [1.165, 1.54) is 4.90 Å². The fraction of sp³-hybridized carbons (Fsp3) is 0.545. The van der Waals surface area contributed by atoms with Gasteiger partial charge >= 0.3 is 12.0 Å². The minimum Gasteiger partial charge on any atom is -0.478 e. The molecule has 1 atom stereocenters. The van der Waals surface area contributed by atoms with Crippen molar-refractivity contribution in [1.82, 2.24) is 10.2 Å². The van der Waals surface area contributed by atoms with Crippen LogP contribution in [0.5, 0.6) is 0 Å². The highest BCUT2D eigenvalue weighted by atomic mass is 16.4. The molecule has 0 bridgehead atoms. The first kappa shape index (κ1) is 13.2. The van der Waals surface area contributed by atoms with Crippen molar-refractivity contribution >= 4 is 17.9 Å². The zero-order valence-corrected chi connectivity index (χ0v) is 9.84. The molecule has 1 rings (SSSR count). The number of hydrogen-bond donors (Lipinski definition) is 2. The van der Waals surface area contributed by atoms with Gasteiger partial charge in [0, 0.05) is 25.2 Å². The first-order chi connectivity index (χ1) is 7.91. The van der Waals surface area contributed by atoms with Crippen LogP contribution in [0.2, 0.25) is 0 Å². The molecule has 0 heterocycles. The molecule has 0 spiro atoms. The van der Waals surface area contributed by atoms with Crippen LogP contribution in [0.3, 0.4) is 0 Å². The Morgan fingerprint density at radius 2 is 1.94 bits per heavy atom. The predicted octanol–water partition coefficient (Wildman–Crippen LogP) is 0.594. The topological polar surface area (TPSA) is 86.7 Å². The van der Waals surface area contributed by atoms with E-state index >= 15 is 0 Å². The number of carboxylic acids is 1. The third kappa shape index (κ3) is 4.26. The summed E-state index contributed by atoms with van der Waals surface area (Å²) in [7, 11) is 1.62. The summed E-state index contributed by atoms with van der Waals surface area (Å²) in [5.41, 5.74) is 0. The Bertz CT molecular complexity index is 360. The van der Waals surface area contributed by atoms with Gasteiger partial charge < -0.3 is 10.0 Å². The van der Waals surface area contributed by atoms with Gasteiger partial charge in [-0.25, -0.2) is 9.59 Å². The average molecular weight is 240 g/mol. The maximum atomic E-state index is 11.6. The first-order valence-corrected chi connectivity index (χ1v) is 5.40. The van der Waals surface area contributed by atoms with E-state index < -0.39 is 17.9 Å². The molecule has 1 aliphatic carbocycles. The third-order valence-electron chi connectivity index (χ3n) is 2.84. The second-order valence-electron chi connectivity index (χ2n) is 4.15. The van der Waals surface area contributed by atoms with Gasteiger partial charge in [0.1, 0.15) is 0 Å². The van der Waals surface area contributed by atoms with Crippen LogP contribution in [0.15, 0.2) is 12.2 Å². The van der Waals surface area contributed by atoms with Gasteiger partial charge in [-0.15, -0.1) is 0 Å². The number of imide groups is 1. The van der Waals surface area contributed by atoms with Crippen LogP contribution in [0.25, 0.3) is 0 Å². The fourth-order valence-corrected chi connectivity index (χ4v) is 1.46. The number of carboxylic acid groups (broad SMARTS) is 1. The summed E-state index contributed by atoms with van der Waals surface area (Å²) in [4.78, 5) is 34.4. The van der Waals surface area contributed by atoms with Crippen LogP contribution in [0.4, 0.5) is 4.79 Å². The Morgan fingerprint density at radius 3 is 2.41 bits per heavy atom. The molecule has 6 nitrogen and oxygen atoms in total. The molecule has 6 heteroatoms. The summed E-state index contributed by atoms with van der Waals surface area (Å²) in [5.74, 6) is -1.45. The second-order valence-corrected chi connectivity index (χ2v) is 4.15. The van der Waals surface area contributed by atoms with Crippen molar-refractivity contribution in [1.29, 1.82) is 0 Å². The number of aliphatic carboxylic acids is 1. The molecule has 0 aromatic heterocycles. The van der Waals surface area contributed by atoms with Gasteiger partial charge in [-0.05, 0) is 25.7 Å². The zero-order chi connectivity index (χ0) is 13.0. The number of nitrogens with one attached hydrogen (secondary N) is 1. The lowest BCUT2D eigenvalue weighted by Crippen LogP contribution is -2.45. The summed E-state index contributed by atoms with van der Waals surface area (Å²) in [5, 5.41) is 10.4. The number of carbonyl (C=O) groups is 3. The lowest BCUT2D eigenvalue weighted by molar-refractivity contribution is -0.131. The number of amides is 3. The van der Waals surface area contributed by atoms with Gasteiger partial charge in [0.05, 0.1) is 0 Å². The SMILES string of the molecule is CC(C1CC1)N(C)C(=O)NC(=O)/C=C/C(=O)O. The Hall–Kier alpha value is -1.85. The minimum atomic E-state index is -1.23. The van der Waals surface area contributed by atoms with Gasteiger partial charge in [-0.1, -0.05) is 0 Å². The van der Waals surface area contributed by atoms with E-state index in [0.717, 1.165) is 18.9 Å². The third-order valence-corrected chi connectivity index (χ3v) is 2.84. The summed E-state index contributed by atoms with van der Waals surface area (Å²) in [6.07, 6.45) is 3.71. The van der Waals surface area contributed by atoms with Crippen molar-refractivity contribution in [3.63, 3.8) is 0 Å². The molecule has 0 radical (unpaired) electrons. The van der Waals surface area contributed by atoms with Crippen molar-refractivity contribution in [3.8, 4) is 0 Å². The molecular weight excluding hydrogens is 224 g/mol. The summed E-state index contributed by atoms with van der Waals surface area (Å²) in [6, 6.07) is -0.421. The highest BCUT2D eigenvalue weighted by molar-refractivity contribution is 6.02. The molecule has 2 N–H and O–H groups in total. The van der Waals surface area contributed by atoms with E-state index in [1.54, 1.807) is 7.05 Å². The normalized spacial score (nSPS) is 16.6. The van der Waals surface area contributed by atoms with Gasteiger partial charge in [-0.2, -0.15) is 0 Å². The highest BCUT2D eigenvalue weighted by Crippen LogP contribution is 2.34. The number of hydrogen-bond acceptors (Lipinski definition) is 3. The van der Waals surface area contributed by atoms with Crippen LogP contribution in [-0.2, 0) is 9.59 Å². The lowest BCUT2D eigenvalue weighted by atomic mass is 10.2. The zero-order valence-electron chi connectivity index (χ0n) is 9.84. The number of nitrogens with zero attached hydrogens (tertiary/aromatic N) is 1. The summed E-state index contributed by atoms with van der Waals surface area (Å²) in [6.45, 7) is 1.93. The molecule has 17 heavy (non-hydrogen) atoms. The van der Waals surface area contributed by atoms with E-state index in [4.69, 9.17) is 5.11 Å². The molecule has 1 fully saturated rings. The molecule has 0 saturated heterocycles. The van der Waals surface area contributed by atoms with E-state index in [1.807, 2.05) is 6.92 Å². The first-order valence-electron chi connectivity index (χ1n) is 5.40. The van der Waals surface area contributed by atoms with Crippen molar-refractivity contribution in [2.75, 3.05) is 7.05 Å². The Kier molecular flexibility index (Phi) is 4.25. The maximum Gasteiger partial charge on any atom is 0.328 e. The van der Waals surface area contributed by atoms with E-state index in [9.17, 15) is 14.4 Å². The largest absolute Gasteiger partial charge is 0.478 e. The van der Waals surface area contributed by atoms with Crippen LogP contribution in [0.1, 0.15) is 19.8 Å². The standard InChI is InChI=1S/C11H16N2O4/c1-7(8-3-4-8)13(2)11(17)12-9(14)5-6-10(15)16/h5-8H,3-4H2,1-2H3,(H,15,16)(H,12,14,17)/b6-5+. The van der Waals surface area contributed by atoms with Gasteiger partial charge in [0.15, 0.2) is 0 Å². The fourth-order valence-electron chi connectivity index (χ4n) is 1.46. The summed E-state index contributed by atoms with van der Waals surface area (Å²) < 4.78 is 0. The van der Waals surface area contributed by atoms with Crippen molar-refractivity contribution in [2.45, 2.75) is 25.8 Å². The molecule has 0 aromatic rings. The molecular formula is C11H16N2O4. The Morgan fingerprint density at radius 1 is 1.35 bits per heavy atom. The summed E-state index contributed by atoms with van der Waals surface area (Å²) >= 11 is 0. The molecule has 94 valence electrons. The molecule has 1 saturated carbocycles. The van der Waals surface area contributed by atoms with E-state index in [0.29, 0.717) is 12.0 Å². The van der Waals surface area contributed by atoms with E-state index in [-0.39, 0.29) is 6.04 Å². The van der Waals surface area contributed by atoms with Crippen molar-refractivity contribution in [3.05, 3.63) is 12.2 Å². The quantitative estimate of drug-likeness (QED) is 0.704. The monoisotopic (exact) mass is 240 g/mol. The molecule has 1 aliphatic rings. The molecule has 3 amide bonds. The molecule has 0 aliphatic heterocycles. The van der Waals surface area contributed by atoms with Crippen molar-refractivity contribution < 1.29 is 19.5 Å². The number of urea groups is 1. The van der Waals surface area contributed by atoms with Gasteiger partial charge in [-0.3, -0.25) is 10.1 Å². The van der Waals surface area contributed by atoms with Crippen LogP contribution in [-0.4, -0.2) is 41.0 Å². The van der Waals surface area contributed by atoms with Crippen molar-refractivity contribution in [2.24, 2.45) is 5.92 Å². The average Bonchev–Trinajstić information content (AvgIpc) is 3.07. The number of carbonyl (C=O) groups excluding carboxylic acids is 2. The van der Waals surface area contributed by atoms with Gasteiger partial charge in [0.25, 0.3) is 5.91 Å². The Labute approximate surface area is 99.3 Å². The Balaban J connectivity index is 2.42. The molecule has 0 aromatic carbocycles. The van der Waals surface area contributed by atoms with Crippen LogP contribution >= 0.6 is 0 Å². The molecule has 1 unspecified atom stereocenters. The van der Waals surface area contributed by atoms with Crippen LogP contribution in [0, 0.1) is 5.92 Å². The van der Waals surface area contributed by atoms with E-state index in [2.05, 4.69) is 5.32 Å². The smallest absolute Gasteiger partial charge is 0.328 e. The lowest BCUT2D eigenvalue weighted by Gasteiger charge is -2.24. The minimum absolute atomic E-state index is 0.0891. The second kappa shape index (κ2) is 5.47. The number of rotatable bonds is 4.